The Morgan fingerprint density at radius 3 is 2.58 bits per heavy atom. The minimum atomic E-state index is -0.101. The van der Waals surface area contributed by atoms with Gasteiger partial charge in [-0.1, -0.05) is 11.6 Å². The molecule has 0 aliphatic carbocycles. The minimum absolute atomic E-state index is 0.101. The van der Waals surface area contributed by atoms with Crippen LogP contribution in [0.3, 0.4) is 0 Å². The van der Waals surface area contributed by atoms with Gasteiger partial charge in [0.05, 0.1) is 12.1 Å². The molecule has 0 bridgehead atoms. The van der Waals surface area contributed by atoms with Gasteiger partial charge in [-0.05, 0) is 43.2 Å². The molecule has 0 amide bonds. The maximum Gasteiger partial charge on any atom is 0.194 e. The van der Waals surface area contributed by atoms with Gasteiger partial charge >= 0.3 is 0 Å². The Labute approximate surface area is 117 Å². The van der Waals surface area contributed by atoms with Gasteiger partial charge in [-0.15, -0.1) is 0 Å². The predicted octanol–water partition coefficient (Wildman–Crippen LogP) is 3.59. The number of methoxy groups -OCH3 is 1. The summed E-state index contributed by atoms with van der Waals surface area (Å²) >= 11 is 6.01. The molecule has 0 saturated heterocycles. The van der Waals surface area contributed by atoms with Crippen LogP contribution < -0.4 is 4.74 Å². The van der Waals surface area contributed by atoms with Crippen molar-refractivity contribution in [2.45, 2.75) is 13.8 Å². The van der Waals surface area contributed by atoms with E-state index in [2.05, 4.69) is 4.98 Å². The maximum absolute atomic E-state index is 12.5. The van der Waals surface area contributed by atoms with Crippen LogP contribution in [-0.2, 0) is 0 Å². The standard InChI is InChI=1S/C15H14ClNO2/c1-9-7-14(19-3)10(2)6-12(9)15(18)11-4-5-17-8-13(11)16/h4-8H,1-3H3. The second-order valence-corrected chi connectivity index (χ2v) is 4.73. The summed E-state index contributed by atoms with van der Waals surface area (Å²) in [4.78, 5) is 16.4. The first-order valence-corrected chi connectivity index (χ1v) is 6.22. The molecule has 0 aliphatic heterocycles. The van der Waals surface area contributed by atoms with Crippen molar-refractivity contribution in [3.63, 3.8) is 0 Å². The summed E-state index contributed by atoms with van der Waals surface area (Å²) in [5.41, 5.74) is 2.87. The van der Waals surface area contributed by atoms with Crippen molar-refractivity contribution in [2.24, 2.45) is 0 Å². The molecule has 0 unspecified atom stereocenters. The zero-order chi connectivity index (χ0) is 14.0. The molecular formula is C15H14ClNO2. The molecule has 0 spiro atoms. The van der Waals surface area contributed by atoms with Crippen LogP contribution in [-0.4, -0.2) is 17.9 Å². The van der Waals surface area contributed by atoms with E-state index < -0.39 is 0 Å². The summed E-state index contributed by atoms with van der Waals surface area (Å²) in [6.45, 7) is 3.79. The number of ether oxygens (including phenoxy) is 1. The molecule has 2 aromatic rings. The first-order valence-electron chi connectivity index (χ1n) is 5.84. The zero-order valence-corrected chi connectivity index (χ0v) is 11.8. The van der Waals surface area contributed by atoms with Crippen molar-refractivity contribution < 1.29 is 9.53 Å². The summed E-state index contributed by atoms with van der Waals surface area (Å²) in [5.74, 6) is 0.672. The number of hydrogen-bond donors (Lipinski definition) is 0. The lowest BCUT2D eigenvalue weighted by Crippen LogP contribution is -2.06. The highest BCUT2D eigenvalue weighted by Crippen LogP contribution is 2.26. The molecule has 2 rings (SSSR count). The number of nitrogens with zero attached hydrogens (tertiary/aromatic N) is 1. The van der Waals surface area contributed by atoms with E-state index in [0.717, 1.165) is 16.9 Å². The third kappa shape index (κ3) is 2.61. The lowest BCUT2D eigenvalue weighted by atomic mass is 9.97. The number of carbonyl (C=O) groups excluding carboxylic acids is 1. The summed E-state index contributed by atoms with van der Waals surface area (Å²) in [7, 11) is 1.61. The van der Waals surface area contributed by atoms with Crippen molar-refractivity contribution >= 4 is 17.4 Å². The van der Waals surface area contributed by atoms with Gasteiger partial charge in [-0.3, -0.25) is 9.78 Å². The molecular weight excluding hydrogens is 262 g/mol. The molecule has 19 heavy (non-hydrogen) atoms. The molecule has 4 heteroatoms. The first kappa shape index (κ1) is 13.6. The molecule has 0 aliphatic rings. The van der Waals surface area contributed by atoms with E-state index in [4.69, 9.17) is 16.3 Å². The van der Waals surface area contributed by atoms with Crippen molar-refractivity contribution in [3.05, 3.63) is 57.9 Å². The van der Waals surface area contributed by atoms with Gasteiger partial charge in [-0.2, -0.15) is 0 Å². The van der Waals surface area contributed by atoms with Crippen molar-refractivity contribution in [1.82, 2.24) is 4.98 Å². The van der Waals surface area contributed by atoms with Crippen LogP contribution in [0.2, 0.25) is 5.02 Å². The number of rotatable bonds is 3. The fourth-order valence-electron chi connectivity index (χ4n) is 1.96. The smallest absolute Gasteiger partial charge is 0.194 e. The summed E-state index contributed by atoms with van der Waals surface area (Å²) in [5, 5.41) is 0.361. The average molecular weight is 276 g/mol. The van der Waals surface area contributed by atoms with Crippen LogP contribution in [0.1, 0.15) is 27.0 Å². The van der Waals surface area contributed by atoms with E-state index in [1.54, 1.807) is 19.4 Å². The Kier molecular flexibility index (Phi) is 3.86. The molecule has 0 radical (unpaired) electrons. The average Bonchev–Trinajstić information content (AvgIpc) is 2.40. The van der Waals surface area contributed by atoms with Gasteiger partial charge in [0.15, 0.2) is 5.78 Å². The number of benzene rings is 1. The molecule has 3 nitrogen and oxygen atoms in total. The van der Waals surface area contributed by atoms with Crippen molar-refractivity contribution in [3.8, 4) is 5.75 Å². The summed E-state index contributed by atoms with van der Waals surface area (Å²) < 4.78 is 5.24. The Morgan fingerprint density at radius 2 is 1.95 bits per heavy atom. The Hall–Kier alpha value is -1.87. The normalized spacial score (nSPS) is 10.3. The van der Waals surface area contributed by atoms with Crippen LogP contribution in [0.25, 0.3) is 0 Å². The second kappa shape index (κ2) is 5.41. The van der Waals surface area contributed by atoms with Crippen molar-refractivity contribution in [1.29, 1.82) is 0 Å². The number of carbonyl (C=O) groups is 1. The Bertz CT molecular complexity index is 638. The van der Waals surface area contributed by atoms with Crippen LogP contribution in [0.15, 0.2) is 30.6 Å². The van der Waals surface area contributed by atoms with Crippen molar-refractivity contribution in [2.75, 3.05) is 7.11 Å². The van der Waals surface area contributed by atoms with Gasteiger partial charge in [0.25, 0.3) is 0 Å². The first-order chi connectivity index (χ1) is 9.04. The number of ketones is 1. The summed E-state index contributed by atoms with van der Waals surface area (Å²) in [6.07, 6.45) is 3.03. The van der Waals surface area contributed by atoms with E-state index >= 15 is 0 Å². The van der Waals surface area contributed by atoms with Gasteiger partial charge in [0.2, 0.25) is 0 Å². The lowest BCUT2D eigenvalue weighted by molar-refractivity contribution is 0.103. The number of hydrogen-bond acceptors (Lipinski definition) is 3. The van der Waals surface area contributed by atoms with E-state index in [-0.39, 0.29) is 5.78 Å². The molecule has 0 saturated carbocycles. The SMILES string of the molecule is COc1cc(C)c(C(=O)c2ccncc2Cl)cc1C. The zero-order valence-electron chi connectivity index (χ0n) is 11.0. The number of halogens is 1. The van der Waals surface area contributed by atoms with Crippen LogP contribution >= 0.6 is 11.6 Å². The minimum Gasteiger partial charge on any atom is -0.496 e. The molecule has 0 atom stereocenters. The highest BCUT2D eigenvalue weighted by atomic mass is 35.5. The largest absolute Gasteiger partial charge is 0.496 e. The highest BCUT2D eigenvalue weighted by Gasteiger charge is 2.16. The van der Waals surface area contributed by atoms with E-state index in [9.17, 15) is 4.79 Å². The topological polar surface area (TPSA) is 39.2 Å². The monoisotopic (exact) mass is 275 g/mol. The van der Waals surface area contributed by atoms with Gasteiger partial charge in [0, 0.05) is 23.5 Å². The fourth-order valence-corrected chi connectivity index (χ4v) is 2.16. The number of aryl methyl sites for hydroxylation is 2. The maximum atomic E-state index is 12.5. The quantitative estimate of drug-likeness (QED) is 0.804. The highest BCUT2D eigenvalue weighted by molar-refractivity contribution is 6.34. The van der Waals surface area contributed by atoms with E-state index in [0.29, 0.717) is 16.1 Å². The predicted molar refractivity (Wildman–Crippen MR) is 75.1 cm³/mol. The van der Waals surface area contributed by atoms with Crippen LogP contribution in [0, 0.1) is 13.8 Å². The van der Waals surface area contributed by atoms with Crippen LogP contribution in [0.4, 0.5) is 0 Å². The molecule has 1 heterocycles. The van der Waals surface area contributed by atoms with E-state index in [1.165, 1.54) is 6.20 Å². The van der Waals surface area contributed by atoms with Gasteiger partial charge in [-0.25, -0.2) is 0 Å². The number of pyridine rings is 1. The lowest BCUT2D eigenvalue weighted by Gasteiger charge is -2.11. The third-order valence-electron chi connectivity index (χ3n) is 3.00. The van der Waals surface area contributed by atoms with Gasteiger partial charge < -0.3 is 4.74 Å². The molecule has 0 fully saturated rings. The van der Waals surface area contributed by atoms with Crippen LogP contribution in [0.5, 0.6) is 5.75 Å². The number of aromatic nitrogens is 1. The second-order valence-electron chi connectivity index (χ2n) is 4.32. The molecule has 1 aromatic heterocycles. The summed E-state index contributed by atoms with van der Waals surface area (Å²) in [6, 6.07) is 5.31. The third-order valence-corrected chi connectivity index (χ3v) is 3.30. The molecule has 0 N–H and O–H groups in total. The fraction of sp³-hybridized carbons (Fsp3) is 0.200. The molecule has 1 aromatic carbocycles. The molecule has 98 valence electrons. The van der Waals surface area contributed by atoms with Gasteiger partial charge in [0.1, 0.15) is 5.75 Å². The van der Waals surface area contributed by atoms with E-state index in [1.807, 2.05) is 26.0 Å². The Balaban J connectivity index is 2.51. The Morgan fingerprint density at radius 1 is 1.21 bits per heavy atom.